The van der Waals surface area contributed by atoms with Crippen molar-refractivity contribution in [2.24, 2.45) is 4.99 Å². The van der Waals surface area contributed by atoms with E-state index in [-0.39, 0.29) is 0 Å². The van der Waals surface area contributed by atoms with Gasteiger partial charge < -0.3 is 0 Å². The molecule has 5 heteroatoms. The van der Waals surface area contributed by atoms with Gasteiger partial charge in [-0.3, -0.25) is 14.5 Å². The average molecular weight is 387 g/mol. The van der Waals surface area contributed by atoms with Crippen LogP contribution in [0.15, 0.2) is 84.4 Å². The predicted octanol–water partition coefficient (Wildman–Crippen LogP) is 5.40. The number of halogens is 1. The topological polar surface area (TPSA) is 43.1 Å². The van der Waals surface area contributed by atoms with Crippen LogP contribution in [0.5, 0.6) is 0 Å². The fourth-order valence-corrected chi connectivity index (χ4v) is 3.29. The molecule has 28 heavy (non-hydrogen) atoms. The van der Waals surface area contributed by atoms with Crippen molar-refractivity contribution < 1.29 is 0 Å². The van der Waals surface area contributed by atoms with E-state index in [0.717, 1.165) is 33.7 Å². The molecule has 4 nitrogen and oxygen atoms in total. The second kappa shape index (κ2) is 8.19. The molecule has 4 rings (SSSR count). The Balaban J connectivity index is 1.76. The summed E-state index contributed by atoms with van der Waals surface area (Å²) in [5, 5.41) is 0.743. The lowest BCUT2D eigenvalue weighted by Gasteiger charge is -2.10. The van der Waals surface area contributed by atoms with E-state index >= 15 is 0 Å². The largest absolute Gasteiger partial charge is 0.299 e. The summed E-state index contributed by atoms with van der Waals surface area (Å²) in [5.41, 5.74) is 6.56. The highest BCUT2D eigenvalue weighted by Crippen LogP contribution is 2.26. The van der Waals surface area contributed by atoms with Gasteiger partial charge in [-0.15, -0.1) is 0 Å². The Hall–Kier alpha value is -3.24. The Morgan fingerprint density at radius 1 is 1.07 bits per heavy atom. The molecule has 0 bridgehead atoms. The van der Waals surface area contributed by atoms with E-state index in [4.69, 9.17) is 11.6 Å². The highest BCUT2D eigenvalue weighted by Gasteiger charge is 2.09. The lowest BCUT2D eigenvalue weighted by Crippen LogP contribution is -1.95. The third kappa shape index (κ3) is 3.87. The normalized spacial score (nSPS) is 12.1. The van der Waals surface area contributed by atoms with Crippen LogP contribution in [-0.4, -0.2) is 27.8 Å². The van der Waals surface area contributed by atoms with Crippen LogP contribution in [0, 0.1) is 0 Å². The molecule has 0 spiro atoms. The van der Waals surface area contributed by atoms with E-state index < -0.39 is 0 Å². The van der Waals surface area contributed by atoms with Crippen molar-refractivity contribution in [3.05, 3.63) is 95.5 Å². The van der Waals surface area contributed by atoms with Crippen molar-refractivity contribution in [3.8, 4) is 5.69 Å². The van der Waals surface area contributed by atoms with Crippen LogP contribution in [0.3, 0.4) is 0 Å². The van der Waals surface area contributed by atoms with E-state index in [1.54, 1.807) is 19.4 Å². The molecule has 0 aliphatic rings. The molecule has 2 aromatic carbocycles. The third-order valence-corrected chi connectivity index (χ3v) is 4.84. The minimum absolute atomic E-state index is 0.743. The standard InChI is InChI=1S/C23H19ClN4/c1-25-11-8-19(14-17-2-5-20(24)6-3-17)18-4-7-22-23(15-18)28(16-27-22)21-9-12-26-13-10-21/h2-13,15-16H,14H2,1H3/b19-8+,25-11?. The van der Waals surface area contributed by atoms with Crippen molar-refractivity contribution in [2.75, 3.05) is 7.05 Å². The Kier molecular flexibility index (Phi) is 5.31. The van der Waals surface area contributed by atoms with Crippen molar-refractivity contribution in [2.45, 2.75) is 6.42 Å². The Labute approximate surface area is 168 Å². The number of pyridine rings is 1. The summed E-state index contributed by atoms with van der Waals surface area (Å²) in [6.07, 6.45) is 10.1. The lowest BCUT2D eigenvalue weighted by molar-refractivity contribution is 1.08. The van der Waals surface area contributed by atoms with Crippen LogP contribution in [0.2, 0.25) is 5.02 Å². The molecule has 0 fully saturated rings. The fraction of sp³-hybridized carbons (Fsp3) is 0.0870. The van der Waals surface area contributed by atoms with Gasteiger partial charge in [0.2, 0.25) is 0 Å². The number of hydrogen-bond acceptors (Lipinski definition) is 3. The summed E-state index contributed by atoms with van der Waals surface area (Å²) in [6, 6.07) is 18.2. The van der Waals surface area contributed by atoms with Crippen LogP contribution in [0.25, 0.3) is 22.3 Å². The molecule has 0 atom stereocenters. The van der Waals surface area contributed by atoms with E-state index in [2.05, 4.69) is 55.9 Å². The molecule has 0 saturated carbocycles. The maximum absolute atomic E-state index is 6.03. The number of aliphatic imine (C=N–C) groups is 1. The second-order valence-corrected chi connectivity index (χ2v) is 6.86. The first kappa shape index (κ1) is 18.1. The van der Waals surface area contributed by atoms with Gasteiger partial charge in [0, 0.05) is 30.7 Å². The maximum atomic E-state index is 6.03. The molecule has 0 aliphatic heterocycles. The molecule has 0 saturated heterocycles. The molecule has 0 amide bonds. The van der Waals surface area contributed by atoms with Gasteiger partial charge in [0.15, 0.2) is 0 Å². The Morgan fingerprint density at radius 3 is 2.61 bits per heavy atom. The van der Waals surface area contributed by atoms with Crippen molar-refractivity contribution >= 4 is 34.4 Å². The summed E-state index contributed by atoms with van der Waals surface area (Å²) in [4.78, 5) is 12.8. The number of fused-ring (bicyclic) bond motifs is 1. The molecule has 0 N–H and O–H groups in total. The van der Waals surface area contributed by atoms with Crippen molar-refractivity contribution in [3.63, 3.8) is 0 Å². The summed E-state index contributed by atoms with van der Waals surface area (Å²) >= 11 is 6.03. The average Bonchev–Trinajstić information content (AvgIpc) is 3.16. The first-order valence-corrected chi connectivity index (χ1v) is 9.36. The molecular formula is C23H19ClN4. The molecule has 138 valence electrons. The minimum atomic E-state index is 0.743. The van der Waals surface area contributed by atoms with Crippen molar-refractivity contribution in [1.82, 2.24) is 14.5 Å². The van der Waals surface area contributed by atoms with Gasteiger partial charge >= 0.3 is 0 Å². The minimum Gasteiger partial charge on any atom is -0.299 e. The second-order valence-electron chi connectivity index (χ2n) is 6.43. The van der Waals surface area contributed by atoms with Gasteiger partial charge in [0.05, 0.1) is 16.7 Å². The van der Waals surface area contributed by atoms with Gasteiger partial charge in [-0.1, -0.05) is 29.8 Å². The van der Waals surface area contributed by atoms with Gasteiger partial charge in [0.25, 0.3) is 0 Å². The molecule has 2 heterocycles. The van der Waals surface area contributed by atoms with Gasteiger partial charge in [-0.2, -0.15) is 0 Å². The molecule has 4 aromatic rings. The van der Waals surface area contributed by atoms with Gasteiger partial charge in [-0.05, 0) is 65.6 Å². The number of hydrogen-bond donors (Lipinski definition) is 0. The van der Waals surface area contributed by atoms with Crippen LogP contribution >= 0.6 is 11.6 Å². The molecule has 0 unspecified atom stereocenters. The van der Waals surface area contributed by atoms with E-state index in [0.29, 0.717) is 0 Å². The SMILES string of the molecule is CN=C/C=C(\Cc1ccc(Cl)cc1)c1ccc2ncn(-c3ccncc3)c2c1. The zero-order valence-corrected chi connectivity index (χ0v) is 16.2. The summed E-state index contributed by atoms with van der Waals surface area (Å²) in [5.74, 6) is 0. The van der Waals surface area contributed by atoms with Crippen LogP contribution in [0.1, 0.15) is 11.1 Å². The monoisotopic (exact) mass is 386 g/mol. The van der Waals surface area contributed by atoms with E-state index in [9.17, 15) is 0 Å². The first-order valence-electron chi connectivity index (χ1n) is 8.98. The zero-order chi connectivity index (χ0) is 19.3. The number of imidazole rings is 1. The molecule has 0 radical (unpaired) electrons. The predicted molar refractivity (Wildman–Crippen MR) is 116 cm³/mol. The van der Waals surface area contributed by atoms with Crippen LogP contribution in [0.4, 0.5) is 0 Å². The summed E-state index contributed by atoms with van der Waals surface area (Å²) in [6.45, 7) is 0. The summed E-state index contributed by atoms with van der Waals surface area (Å²) < 4.78 is 2.08. The van der Waals surface area contributed by atoms with Gasteiger partial charge in [-0.25, -0.2) is 4.98 Å². The molecular weight excluding hydrogens is 368 g/mol. The smallest absolute Gasteiger partial charge is 0.100 e. The van der Waals surface area contributed by atoms with E-state index in [1.807, 2.05) is 36.8 Å². The Bertz CT molecular complexity index is 1140. The van der Waals surface area contributed by atoms with Crippen LogP contribution in [-0.2, 0) is 6.42 Å². The number of allylic oxidation sites excluding steroid dienone is 2. The number of nitrogens with zero attached hydrogens (tertiary/aromatic N) is 4. The van der Waals surface area contributed by atoms with Crippen LogP contribution < -0.4 is 0 Å². The lowest BCUT2D eigenvalue weighted by atomic mass is 9.97. The molecule has 0 aliphatic carbocycles. The zero-order valence-electron chi connectivity index (χ0n) is 15.5. The first-order chi connectivity index (χ1) is 13.7. The highest BCUT2D eigenvalue weighted by atomic mass is 35.5. The Morgan fingerprint density at radius 2 is 1.86 bits per heavy atom. The number of benzene rings is 2. The highest BCUT2D eigenvalue weighted by molar-refractivity contribution is 6.30. The van der Waals surface area contributed by atoms with Crippen molar-refractivity contribution in [1.29, 1.82) is 0 Å². The maximum Gasteiger partial charge on any atom is 0.100 e. The van der Waals surface area contributed by atoms with E-state index in [1.165, 1.54) is 11.1 Å². The number of rotatable bonds is 5. The molecule has 2 aromatic heterocycles. The fourth-order valence-electron chi connectivity index (χ4n) is 3.16. The van der Waals surface area contributed by atoms with Gasteiger partial charge in [0.1, 0.15) is 6.33 Å². The quantitative estimate of drug-likeness (QED) is 0.431. The summed E-state index contributed by atoms with van der Waals surface area (Å²) in [7, 11) is 1.78. The number of aromatic nitrogens is 3. The third-order valence-electron chi connectivity index (χ3n) is 4.59.